The Morgan fingerprint density at radius 1 is 1.24 bits per heavy atom. The SMILES string of the molecule is Cn1ccnc1C(NC(=O)C1CCN(C(=O)C(C)(C)C)CC1)c1cccc(F)c1. The highest BCUT2D eigenvalue weighted by atomic mass is 19.1. The largest absolute Gasteiger partial charge is 0.342 e. The molecular formula is C22H29FN4O2. The van der Waals surface area contributed by atoms with E-state index in [4.69, 9.17) is 0 Å². The number of nitrogens with zero attached hydrogens (tertiary/aromatic N) is 3. The van der Waals surface area contributed by atoms with E-state index in [9.17, 15) is 14.0 Å². The quantitative estimate of drug-likeness (QED) is 0.858. The number of amides is 2. The predicted molar refractivity (Wildman–Crippen MR) is 108 cm³/mol. The van der Waals surface area contributed by atoms with Gasteiger partial charge in [-0.25, -0.2) is 9.37 Å². The number of aryl methyl sites for hydroxylation is 1. The van der Waals surface area contributed by atoms with Crippen LogP contribution in [-0.4, -0.2) is 39.4 Å². The van der Waals surface area contributed by atoms with Crippen molar-refractivity contribution in [2.24, 2.45) is 18.4 Å². The maximum absolute atomic E-state index is 13.8. The van der Waals surface area contributed by atoms with Gasteiger partial charge in [0.25, 0.3) is 0 Å². The molecule has 156 valence electrons. The standard InChI is InChI=1S/C22H29FN4O2/c1-22(2,3)21(29)27-11-8-15(9-12-27)20(28)25-18(19-24-10-13-26(19)4)16-6-5-7-17(23)14-16/h5-7,10,13-15,18H,8-9,11-12H2,1-4H3,(H,25,28). The van der Waals surface area contributed by atoms with Crippen molar-refractivity contribution in [1.82, 2.24) is 19.8 Å². The summed E-state index contributed by atoms with van der Waals surface area (Å²) in [5.74, 6) is 0.122. The Kier molecular flexibility index (Phi) is 6.05. The minimum absolute atomic E-state index is 0.0925. The Balaban J connectivity index is 1.72. The number of piperidine rings is 1. The van der Waals surface area contributed by atoms with Gasteiger partial charge < -0.3 is 14.8 Å². The number of carbonyl (C=O) groups excluding carboxylic acids is 2. The molecule has 0 spiro atoms. The number of hydrogen-bond donors (Lipinski definition) is 1. The summed E-state index contributed by atoms with van der Waals surface area (Å²) in [6.07, 6.45) is 4.68. The smallest absolute Gasteiger partial charge is 0.227 e. The zero-order valence-electron chi connectivity index (χ0n) is 17.5. The van der Waals surface area contributed by atoms with Crippen LogP contribution in [0.5, 0.6) is 0 Å². The van der Waals surface area contributed by atoms with Gasteiger partial charge in [0.15, 0.2) is 0 Å². The van der Waals surface area contributed by atoms with Crippen molar-refractivity contribution in [2.45, 2.75) is 39.7 Å². The van der Waals surface area contributed by atoms with Crippen LogP contribution in [0.1, 0.15) is 51.0 Å². The first-order chi connectivity index (χ1) is 13.7. The van der Waals surface area contributed by atoms with E-state index in [1.54, 1.807) is 24.5 Å². The Morgan fingerprint density at radius 3 is 2.48 bits per heavy atom. The van der Waals surface area contributed by atoms with Gasteiger partial charge in [-0.15, -0.1) is 0 Å². The summed E-state index contributed by atoms with van der Waals surface area (Å²) in [5.41, 5.74) is 0.225. The molecule has 0 aliphatic carbocycles. The number of imidazole rings is 1. The van der Waals surface area contributed by atoms with Crippen molar-refractivity contribution >= 4 is 11.8 Å². The van der Waals surface area contributed by atoms with Gasteiger partial charge in [-0.1, -0.05) is 32.9 Å². The van der Waals surface area contributed by atoms with Crippen molar-refractivity contribution in [3.8, 4) is 0 Å². The molecule has 1 aromatic heterocycles. The van der Waals surface area contributed by atoms with E-state index in [1.165, 1.54) is 12.1 Å². The second-order valence-corrected chi connectivity index (χ2v) is 8.71. The zero-order valence-corrected chi connectivity index (χ0v) is 17.5. The fourth-order valence-electron chi connectivity index (χ4n) is 3.72. The molecule has 1 aliphatic heterocycles. The van der Waals surface area contributed by atoms with Gasteiger partial charge in [0.1, 0.15) is 17.7 Å². The lowest BCUT2D eigenvalue weighted by molar-refractivity contribution is -0.142. The average molecular weight is 400 g/mol. The molecule has 1 fully saturated rings. The molecule has 3 rings (SSSR count). The van der Waals surface area contributed by atoms with Crippen LogP contribution < -0.4 is 5.32 Å². The lowest BCUT2D eigenvalue weighted by Crippen LogP contribution is -2.47. The Hall–Kier alpha value is -2.70. The van der Waals surface area contributed by atoms with Gasteiger partial charge in [0, 0.05) is 43.9 Å². The summed E-state index contributed by atoms with van der Waals surface area (Å²) >= 11 is 0. The number of likely N-dealkylation sites (tertiary alicyclic amines) is 1. The second-order valence-electron chi connectivity index (χ2n) is 8.71. The molecule has 2 heterocycles. The topological polar surface area (TPSA) is 67.2 Å². The molecule has 0 bridgehead atoms. The minimum Gasteiger partial charge on any atom is -0.342 e. The van der Waals surface area contributed by atoms with E-state index in [0.717, 1.165) is 0 Å². The van der Waals surface area contributed by atoms with Crippen LogP contribution in [0, 0.1) is 17.2 Å². The summed E-state index contributed by atoms with van der Waals surface area (Å²) in [4.78, 5) is 31.7. The molecule has 2 aromatic rings. The molecule has 1 aromatic carbocycles. The van der Waals surface area contributed by atoms with Crippen LogP contribution in [-0.2, 0) is 16.6 Å². The van der Waals surface area contributed by atoms with Gasteiger partial charge >= 0.3 is 0 Å². The van der Waals surface area contributed by atoms with Gasteiger partial charge in [0.2, 0.25) is 11.8 Å². The van der Waals surface area contributed by atoms with E-state index in [0.29, 0.717) is 37.3 Å². The van der Waals surface area contributed by atoms with Crippen molar-refractivity contribution in [3.05, 3.63) is 53.9 Å². The lowest BCUT2D eigenvalue weighted by atomic mass is 9.90. The highest BCUT2D eigenvalue weighted by molar-refractivity contribution is 5.83. The molecule has 2 amide bonds. The maximum atomic E-state index is 13.8. The van der Waals surface area contributed by atoms with Crippen molar-refractivity contribution < 1.29 is 14.0 Å². The monoisotopic (exact) mass is 400 g/mol. The van der Waals surface area contributed by atoms with E-state index >= 15 is 0 Å². The average Bonchev–Trinajstić information content (AvgIpc) is 3.10. The van der Waals surface area contributed by atoms with Crippen LogP contribution in [0.15, 0.2) is 36.7 Å². The number of rotatable bonds is 4. The third kappa shape index (κ3) is 4.83. The van der Waals surface area contributed by atoms with Gasteiger partial charge in [-0.2, -0.15) is 0 Å². The van der Waals surface area contributed by atoms with E-state index in [-0.39, 0.29) is 23.5 Å². The fraction of sp³-hybridized carbons (Fsp3) is 0.500. The summed E-state index contributed by atoms with van der Waals surface area (Å²) in [6, 6.07) is 5.68. The summed E-state index contributed by atoms with van der Waals surface area (Å²) < 4.78 is 15.6. The van der Waals surface area contributed by atoms with E-state index in [2.05, 4.69) is 10.3 Å². The molecule has 6 nitrogen and oxygen atoms in total. The Bertz CT molecular complexity index is 879. The number of benzene rings is 1. The summed E-state index contributed by atoms with van der Waals surface area (Å²) in [7, 11) is 1.84. The molecular weight excluding hydrogens is 371 g/mol. The van der Waals surface area contributed by atoms with Crippen LogP contribution in [0.2, 0.25) is 0 Å². The highest BCUT2D eigenvalue weighted by Gasteiger charge is 2.33. The number of carbonyl (C=O) groups is 2. The first kappa shape index (κ1) is 21.0. The van der Waals surface area contributed by atoms with Gasteiger partial charge in [-0.05, 0) is 30.5 Å². The Labute approximate surface area is 171 Å². The number of halogens is 1. The predicted octanol–water partition coefficient (Wildman–Crippen LogP) is 3.05. The number of aromatic nitrogens is 2. The number of nitrogens with one attached hydrogen (secondary N) is 1. The Morgan fingerprint density at radius 2 is 1.93 bits per heavy atom. The first-order valence-corrected chi connectivity index (χ1v) is 9.99. The molecule has 1 unspecified atom stereocenters. The zero-order chi connectivity index (χ0) is 21.2. The fourth-order valence-corrected chi connectivity index (χ4v) is 3.72. The van der Waals surface area contributed by atoms with Gasteiger partial charge in [0.05, 0.1) is 0 Å². The maximum Gasteiger partial charge on any atom is 0.227 e. The van der Waals surface area contributed by atoms with Crippen molar-refractivity contribution in [3.63, 3.8) is 0 Å². The second kappa shape index (κ2) is 8.35. The van der Waals surface area contributed by atoms with Crippen molar-refractivity contribution in [1.29, 1.82) is 0 Å². The lowest BCUT2D eigenvalue weighted by Gasteiger charge is -2.35. The number of hydrogen-bond acceptors (Lipinski definition) is 3. The van der Waals surface area contributed by atoms with E-state index < -0.39 is 11.5 Å². The minimum atomic E-state index is -0.535. The van der Waals surface area contributed by atoms with Crippen LogP contribution in [0.3, 0.4) is 0 Å². The van der Waals surface area contributed by atoms with Gasteiger partial charge in [-0.3, -0.25) is 9.59 Å². The van der Waals surface area contributed by atoms with Crippen molar-refractivity contribution in [2.75, 3.05) is 13.1 Å². The summed E-state index contributed by atoms with van der Waals surface area (Å²) in [5, 5.41) is 3.06. The van der Waals surface area contributed by atoms with E-state index in [1.807, 2.05) is 37.3 Å². The molecule has 0 saturated carbocycles. The third-order valence-corrected chi connectivity index (χ3v) is 5.38. The molecule has 1 atom stereocenters. The highest BCUT2D eigenvalue weighted by Crippen LogP contribution is 2.26. The molecule has 1 aliphatic rings. The normalized spacial score (nSPS) is 16.5. The third-order valence-electron chi connectivity index (χ3n) is 5.38. The molecule has 7 heteroatoms. The van der Waals surface area contributed by atoms with Crippen LogP contribution in [0.4, 0.5) is 4.39 Å². The molecule has 1 saturated heterocycles. The molecule has 1 N–H and O–H groups in total. The molecule has 0 radical (unpaired) electrons. The first-order valence-electron chi connectivity index (χ1n) is 9.99. The van der Waals surface area contributed by atoms with Crippen LogP contribution in [0.25, 0.3) is 0 Å². The van der Waals surface area contributed by atoms with Crippen LogP contribution >= 0.6 is 0 Å². The molecule has 29 heavy (non-hydrogen) atoms. The summed E-state index contributed by atoms with van der Waals surface area (Å²) in [6.45, 7) is 6.86.